The van der Waals surface area contributed by atoms with Crippen LogP contribution < -0.4 is 0 Å². The summed E-state index contributed by atoms with van der Waals surface area (Å²) >= 11 is 0. The van der Waals surface area contributed by atoms with Crippen molar-refractivity contribution in [3.63, 3.8) is 0 Å². The minimum atomic E-state index is -0.512. The summed E-state index contributed by atoms with van der Waals surface area (Å²) in [5, 5.41) is 1.24. The molecule has 0 aromatic carbocycles. The molecule has 1 aliphatic rings. The molecule has 1 aliphatic heterocycles. The first-order valence-corrected chi connectivity index (χ1v) is 8.03. The van der Waals surface area contributed by atoms with Crippen molar-refractivity contribution >= 4 is 5.91 Å². The van der Waals surface area contributed by atoms with Crippen LogP contribution in [0.4, 0.5) is 0 Å². The van der Waals surface area contributed by atoms with E-state index in [0.717, 1.165) is 12.8 Å². The summed E-state index contributed by atoms with van der Waals surface area (Å²) in [4.78, 5) is 17.1. The van der Waals surface area contributed by atoms with Crippen molar-refractivity contribution in [1.82, 2.24) is 5.06 Å². The standard InChI is InChI=1S/C17H31NO5/c1-12(10-14-11-22-17(3,4)23-14)8-9-15(20-6)13(2)16(19)18(5)21-7/h10,13-15H,8-9,11H2,1-7H3/b12-10-/t13-,14?,15+/m1/s1. The van der Waals surface area contributed by atoms with Gasteiger partial charge in [-0.2, -0.15) is 0 Å². The van der Waals surface area contributed by atoms with Crippen molar-refractivity contribution in [1.29, 1.82) is 0 Å². The Kier molecular flexibility index (Phi) is 7.67. The largest absolute Gasteiger partial charge is 0.381 e. The molecule has 1 fully saturated rings. The number of carbonyl (C=O) groups excluding carboxylic acids is 1. The summed E-state index contributed by atoms with van der Waals surface area (Å²) in [6.45, 7) is 8.33. The molecule has 6 heteroatoms. The molecule has 0 aromatic heterocycles. The van der Waals surface area contributed by atoms with Crippen molar-refractivity contribution in [2.45, 2.75) is 58.5 Å². The monoisotopic (exact) mass is 329 g/mol. The number of rotatable bonds is 8. The summed E-state index contributed by atoms with van der Waals surface area (Å²) in [5.41, 5.74) is 1.21. The van der Waals surface area contributed by atoms with E-state index in [2.05, 4.69) is 13.0 Å². The van der Waals surface area contributed by atoms with Crippen LogP contribution in [0.15, 0.2) is 11.6 Å². The Bertz CT molecular complexity index is 421. The number of ether oxygens (including phenoxy) is 3. The number of hydroxylamine groups is 2. The third kappa shape index (κ3) is 6.22. The molecule has 0 radical (unpaired) electrons. The molecule has 0 N–H and O–H groups in total. The quantitative estimate of drug-likeness (QED) is 0.506. The van der Waals surface area contributed by atoms with Gasteiger partial charge >= 0.3 is 0 Å². The lowest BCUT2D eigenvalue weighted by Gasteiger charge is -2.25. The van der Waals surface area contributed by atoms with Crippen LogP contribution in [-0.4, -0.2) is 56.8 Å². The number of allylic oxidation sites excluding steroid dienone is 1. The molecule has 1 saturated heterocycles. The fourth-order valence-electron chi connectivity index (χ4n) is 2.68. The molecule has 0 bridgehead atoms. The van der Waals surface area contributed by atoms with E-state index in [-0.39, 0.29) is 24.0 Å². The molecule has 0 spiro atoms. The number of hydrogen-bond donors (Lipinski definition) is 0. The lowest BCUT2D eigenvalue weighted by atomic mass is 9.96. The van der Waals surface area contributed by atoms with Crippen molar-refractivity contribution in [3.05, 3.63) is 11.6 Å². The van der Waals surface area contributed by atoms with E-state index in [1.165, 1.54) is 17.7 Å². The average molecular weight is 329 g/mol. The molecule has 1 heterocycles. The van der Waals surface area contributed by atoms with E-state index in [1.54, 1.807) is 14.2 Å². The first-order valence-electron chi connectivity index (χ1n) is 8.03. The van der Waals surface area contributed by atoms with Crippen LogP contribution in [0.1, 0.15) is 40.5 Å². The molecule has 0 saturated carbocycles. The van der Waals surface area contributed by atoms with Crippen LogP contribution in [0.3, 0.4) is 0 Å². The van der Waals surface area contributed by atoms with E-state index in [1.807, 2.05) is 20.8 Å². The van der Waals surface area contributed by atoms with E-state index in [9.17, 15) is 4.79 Å². The fraction of sp³-hybridized carbons (Fsp3) is 0.824. The molecule has 0 aromatic rings. The number of carbonyl (C=O) groups is 1. The maximum Gasteiger partial charge on any atom is 0.251 e. The number of hydrogen-bond acceptors (Lipinski definition) is 5. The van der Waals surface area contributed by atoms with Crippen LogP contribution >= 0.6 is 0 Å². The van der Waals surface area contributed by atoms with Gasteiger partial charge in [-0.15, -0.1) is 0 Å². The van der Waals surface area contributed by atoms with Gasteiger partial charge in [-0.05, 0) is 33.6 Å². The van der Waals surface area contributed by atoms with Gasteiger partial charge in [0.05, 0.1) is 25.7 Å². The van der Waals surface area contributed by atoms with Crippen LogP contribution in [0, 0.1) is 5.92 Å². The maximum absolute atomic E-state index is 12.1. The number of nitrogens with zero attached hydrogens (tertiary/aromatic N) is 1. The maximum atomic E-state index is 12.1. The zero-order valence-corrected chi connectivity index (χ0v) is 15.4. The van der Waals surface area contributed by atoms with Gasteiger partial charge in [0.2, 0.25) is 0 Å². The highest BCUT2D eigenvalue weighted by molar-refractivity contribution is 5.77. The molecule has 1 rings (SSSR count). The molecular weight excluding hydrogens is 298 g/mol. The van der Waals surface area contributed by atoms with Crippen molar-refractivity contribution < 1.29 is 23.8 Å². The van der Waals surface area contributed by atoms with E-state index in [0.29, 0.717) is 6.61 Å². The van der Waals surface area contributed by atoms with Crippen LogP contribution in [0.2, 0.25) is 0 Å². The predicted octanol–water partition coefficient (Wildman–Crippen LogP) is 2.54. The Morgan fingerprint density at radius 3 is 2.57 bits per heavy atom. The first kappa shape index (κ1) is 20.1. The topological polar surface area (TPSA) is 57.2 Å². The molecule has 1 amide bonds. The van der Waals surface area contributed by atoms with Gasteiger partial charge in [0.1, 0.15) is 6.10 Å². The first-order chi connectivity index (χ1) is 10.7. The second-order valence-electron chi connectivity index (χ2n) is 6.50. The number of amides is 1. The summed E-state index contributed by atoms with van der Waals surface area (Å²) in [5.74, 6) is -0.861. The fourth-order valence-corrected chi connectivity index (χ4v) is 2.68. The highest BCUT2D eigenvalue weighted by Crippen LogP contribution is 2.25. The zero-order chi connectivity index (χ0) is 17.6. The van der Waals surface area contributed by atoms with Crippen molar-refractivity contribution in [2.24, 2.45) is 5.92 Å². The Morgan fingerprint density at radius 1 is 1.43 bits per heavy atom. The molecule has 0 aliphatic carbocycles. The van der Waals surface area contributed by atoms with Crippen LogP contribution in [0.5, 0.6) is 0 Å². The van der Waals surface area contributed by atoms with E-state index in [4.69, 9.17) is 19.0 Å². The van der Waals surface area contributed by atoms with Gasteiger partial charge in [0.15, 0.2) is 5.79 Å². The predicted molar refractivity (Wildman–Crippen MR) is 87.6 cm³/mol. The second-order valence-corrected chi connectivity index (χ2v) is 6.50. The lowest BCUT2D eigenvalue weighted by Crippen LogP contribution is -2.37. The summed E-state index contributed by atoms with van der Waals surface area (Å²) in [6.07, 6.45) is 3.54. The van der Waals surface area contributed by atoms with Gasteiger partial charge in [0.25, 0.3) is 5.91 Å². The SMILES string of the molecule is CO[C@@H](CC/C(C)=C\C1COC(C)(C)O1)[C@@H](C)C(=O)N(C)OC. The third-order valence-corrected chi connectivity index (χ3v) is 4.16. The average Bonchev–Trinajstić information content (AvgIpc) is 2.84. The minimum absolute atomic E-state index is 0.00956. The molecular formula is C17H31NO5. The van der Waals surface area contributed by atoms with Gasteiger partial charge in [-0.3, -0.25) is 9.63 Å². The third-order valence-electron chi connectivity index (χ3n) is 4.16. The van der Waals surface area contributed by atoms with Crippen LogP contribution in [-0.2, 0) is 23.8 Å². The Morgan fingerprint density at radius 2 is 2.09 bits per heavy atom. The van der Waals surface area contributed by atoms with Gasteiger partial charge in [0, 0.05) is 14.2 Å². The molecule has 23 heavy (non-hydrogen) atoms. The highest BCUT2D eigenvalue weighted by atomic mass is 16.7. The van der Waals surface area contributed by atoms with Gasteiger partial charge in [-0.1, -0.05) is 18.6 Å². The van der Waals surface area contributed by atoms with Crippen molar-refractivity contribution in [3.8, 4) is 0 Å². The van der Waals surface area contributed by atoms with E-state index >= 15 is 0 Å². The molecule has 6 nitrogen and oxygen atoms in total. The Labute approximate surface area is 139 Å². The smallest absolute Gasteiger partial charge is 0.251 e. The molecule has 134 valence electrons. The van der Waals surface area contributed by atoms with Crippen molar-refractivity contribution in [2.75, 3.05) is 27.9 Å². The highest BCUT2D eigenvalue weighted by Gasteiger charge is 2.31. The van der Waals surface area contributed by atoms with Gasteiger partial charge < -0.3 is 14.2 Å². The van der Waals surface area contributed by atoms with Gasteiger partial charge in [-0.25, -0.2) is 5.06 Å². The normalized spacial score (nSPS) is 23.6. The second kappa shape index (κ2) is 8.78. The lowest BCUT2D eigenvalue weighted by molar-refractivity contribution is -0.177. The minimum Gasteiger partial charge on any atom is -0.381 e. The Hall–Kier alpha value is -0.950. The Balaban J connectivity index is 2.52. The number of methoxy groups -OCH3 is 1. The summed E-state index contributed by atoms with van der Waals surface area (Å²) in [7, 11) is 4.72. The van der Waals surface area contributed by atoms with E-state index < -0.39 is 5.79 Å². The molecule has 3 atom stereocenters. The molecule has 1 unspecified atom stereocenters. The zero-order valence-electron chi connectivity index (χ0n) is 15.4. The summed E-state index contributed by atoms with van der Waals surface area (Å²) < 4.78 is 16.8. The van der Waals surface area contributed by atoms with Crippen LogP contribution in [0.25, 0.3) is 0 Å². The summed E-state index contributed by atoms with van der Waals surface area (Å²) in [6, 6.07) is 0.